The number of nitrogens with zero attached hydrogens (tertiary/aromatic N) is 2. The third-order valence-electron chi connectivity index (χ3n) is 2.71. The Bertz CT molecular complexity index is 377. The molecule has 0 bridgehead atoms. The third kappa shape index (κ3) is 3.95. The summed E-state index contributed by atoms with van der Waals surface area (Å²) in [5, 5.41) is 3.90. The number of aryl methyl sites for hydroxylation is 1. The second-order valence-electron chi connectivity index (χ2n) is 5.58. The lowest BCUT2D eigenvalue weighted by Gasteiger charge is -2.17. The van der Waals surface area contributed by atoms with Crippen molar-refractivity contribution in [1.29, 1.82) is 0 Å². The van der Waals surface area contributed by atoms with Crippen LogP contribution in [0.25, 0.3) is 0 Å². The average molecular weight is 238 g/mol. The fraction of sp³-hybridized carbons (Fsp3) is 0.769. The van der Waals surface area contributed by atoms with E-state index in [0.29, 0.717) is 12.3 Å². The predicted octanol–water partition coefficient (Wildman–Crippen LogP) is 3.13. The summed E-state index contributed by atoms with van der Waals surface area (Å²) >= 11 is 0. The maximum atomic E-state index is 11.9. The second kappa shape index (κ2) is 5.43. The summed E-state index contributed by atoms with van der Waals surface area (Å²) in [6.45, 7) is 9.81. The largest absolute Gasteiger partial charge is 0.339 e. The van der Waals surface area contributed by atoms with Crippen LogP contribution >= 0.6 is 0 Å². The van der Waals surface area contributed by atoms with Gasteiger partial charge in [0.15, 0.2) is 5.82 Å². The number of aromatic nitrogens is 2. The number of carbonyl (C=O) groups is 1. The van der Waals surface area contributed by atoms with Gasteiger partial charge in [-0.1, -0.05) is 39.8 Å². The van der Waals surface area contributed by atoms with E-state index in [9.17, 15) is 4.79 Å². The van der Waals surface area contributed by atoms with E-state index in [-0.39, 0.29) is 17.1 Å². The van der Waals surface area contributed by atoms with Crippen LogP contribution in [-0.2, 0) is 11.2 Å². The van der Waals surface area contributed by atoms with Crippen molar-refractivity contribution < 1.29 is 9.32 Å². The van der Waals surface area contributed by atoms with Crippen LogP contribution in [0, 0.1) is 5.41 Å². The van der Waals surface area contributed by atoms with Crippen molar-refractivity contribution >= 4 is 5.78 Å². The van der Waals surface area contributed by atoms with E-state index in [1.807, 2.05) is 27.7 Å². The molecule has 0 aliphatic rings. The first-order valence-electron chi connectivity index (χ1n) is 6.20. The highest BCUT2D eigenvalue weighted by molar-refractivity contribution is 5.84. The maximum Gasteiger partial charge on any atom is 0.229 e. The zero-order valence-corrected chi connectivity index (χ0v) is 11.4. The number of carbonyl (C=O) groups excluding carboxylic acids is 1. The smallest absolute Gasteiger partial charge is 0.229 e. The lowest BCUT2D eigenvalue weighted by molar-refractivity contribution is -0.126. The van der Waals surface area contributed by atoms with Crippen LogP contribution in [-0.4, -0.2) is 15.9 Å². The van der Waals surface area contributed by atoms with Gasteiger partial charge in [-0.15, -0.1) is 0 Å². The van der Waals surface area contributed by atoms with E-state index in [1.54, 1.807) is 0 Å². The first kappa shape index (κ1) is 13.9. The van der Waals surface area contributed by atoms with Crippen molar-refractivity contribution in [2.45, 2.75) is 59.8 Å². The number of hydrogen-bond donors (Lipinski definition) is 0. The van der Waals surface area contributed by atoms with Gasteiger partial charge < -0.3 is 4.52 Å². The molecular formula is C13H22N2O2. The molecule has 1 aromatic rings. The van der Waals surface area contributed by atoms with Gasteiger partial charge in [0, 0.05) is 24.2 Å². The Kier molecular flexibility index (Phi) is 4.43. The molecule has 0 fully saturated rings. The quantitative estimate of drug-likeness (QED) is 0.790. The molecule has 0 N–H and O–H groups in total. The summed E-state index contributed by atoms with van der Waals surface area (Å²) in [7, 11) is 0. The fourth-order valence-electron chi connectivity index (χ4n) is 1.46. The van der Waals surface area contributed by atoms with E-state index in [0.717, 1.165) is 18.7 Å². The number of rotatable bonds is 5. The minimum Gasteiger partial charge on any atom is -0.339 e. The lowest BCUT2D eigenvalue weighted by atomic mass is 9.85. The molecule has 0 aliphatic carbocycles. The van der Waals surface area contributed by atoms with E-state index in [2.05, 4.69) is 17.1 Å². The molecule has 0 aromatic carbocycles. The molecule has 0 spiro atoms. The predicted molar refractivity (Wildman–Crippen MR) is 65.8 cm³/mol. The number of hydrogen-bond acceptors (Lipinski definition) is 4. The van der Waals surface area contributed by atoms with Crippen LogP contribution < -0.4 is 0 Å². The van der Waals surface area contributed by atoms with E-state index < -0.39 is 0 Å². The summed E-state index contributed by atoms with van der Waals surface area (Å²) in [6.07, 6.45) is 2.27. The van der Waals surface area contributed by atoms with Crippen molar-refractivity contribution in [1.82, 2.24) is 10.1 Å². The summed E-state index contributed by atoms with van der Waals surface area (Å²) in [6, 6.07) is 0. The topological polar surface area (TPSA) is 56.0 Å². The van der Waals surface area contributed by atoms with Gasteiger partial charge >= 0.3 is 0 Å². The van der Waals surface area contributed by atoms with Crippen LogP contribution in [0.5, 0.6) is 0 Å². The minimum absolute atomic E-state index is 0.000156. The number of ketones is 1. The van der Waals surface area contributed by atoms with E-state index in [1.165, 1.54) is 0 Å². The van der Waals surface area contributed by atoms with Crippen molar-refractivity contribution in [2.24, 2.45) is 5.41 Å². The second-order valence-corrected chi connectivity index (χ2v) is 5.58. The van der Waals surface area contributed by atoms with Gasteiger partial charge in [-0.05, 0) is 6.42 Å². The Hall–Kier alpha value is -1.19. The van der Waals surface area contributed by atoms with Crippen molar-refractivity contribution in [3.63, 3.8) is 0 Å². The average Bonchev–Trinajstić information content (AvgIpc) is 2.65. The molecule has 0 radical (unpaired) electrons. The Balaban J connectivity index is 2.63. The molecular weight excluding hydrogens is 216 g/mol. The van der Waals surface area contributed by atoms with Crippen LogP contribution in [0.3, 0.4) is 0 Å². The van der Waals surface area contributed by atoms with Gasteiger partial charge in [0.25, 0.3) is 0 Å². The van der Waals surface area contributed by atoms with Crippen molar-refractivity contribution in [3.05, 3.63) is 11.7 Å². The van der Waals surface area contributed by atoms with Gasteiger partial charge in [0.1, 0.15) is 5.78 Å². The summed E-state index contributed by atoms with van der Waals surface area (Å²) in [5.41, 5.74) is -0.305. The monoisotopic (exact) mass is 238 g/mol. The molecule has 17 heavy (non-hydrogen) atoms. The van der Waals surface area contributed by atoms with Crippen LogP contribution in [0.1, 0.15) is 65.1 Å². The molecule has 1 atom stereocenters. The summed E-state index contributed by atoms with van der Waals surface area (Å²) in [5.74, 6) is 1.53. The highest BCUT2D eigenvalue weighted by atomic mass is 16.5. The van der Waals surface area contributed by atoms with E-state index >= 15 is 0 Å². The first-order valence-corrected chi connectivity index (χ1v) is 6.20. The highest BCUT2D eigenvalue weighted by Gasteiger charge is 2.25. The first-order chi connectivity index (χ1) is 7.84. The van der Waals surface area contributed by atoms with Crippen LogP contribution in [0.2, 0.25) is 0 Å². The zero-order valence-electron chi connectivity index (χ0n) is 11.4. The molecule has 1 aromatic heterocycles. The highest BCUT2D eigenvalue weighted by Crippen LogP contribution is 2.24. The molecule has 0 aliphatic heterocycles. The maximum absolute atomic E-state index is 11.9. The number of Topliss-reactive ketones (excluding diaryl/α,β-unsaturated/α-hetero) is 1. The molecule has 0 saturated carbocycles. The van der Waals surface area contributed by atoms with Gasteiger partial charge in [-0.25, -0.2) is 0 Å². The zero-order chi connectivity index (χ0) is 13.1. The normalized spacial score (nSPS) is 13.7. The van der Waals surface area contributed by atoms with Gasteiger partial charge in [-0.3, -0.25) is 4.79 Å². The molecule has 0 saturated heterocycles. The minimum atomic E-state index is -0.305. The summed E-state index contributed by atoms with van der Waals surface area (Å²) in [4.78, 5) is 16.2. The van der Waals surface area contributed by atoms with Crippen LogP contribution in [0.4, 0.5) is 0 Å². The third-order valence-corrected chi connectivity index (χ3v) is 2.71. The molecule has 4 nitrogen and oxygen atoms in total. The van der Waals surface area contributed by atoms with Gasteiger partial charge in [0.2, 0.25) is 5.89 Å². The Morgan fingerprint density at radius 2 is 2.06 bits per heavy atom. The molecule has 1 heterocycles. The summed E-state index contributed by atoms with van der Waals surface area (Å²) < 4.78 is 5.18. The van der Waals surface area contributed by atoms with Crippen molar-refractivity contribution in [2.75, 3.05) is 0 Å². The van der Waals surface area contributed by atoms with Crippen molar-refractivity contribution in [3.8, 4) is 0 Å². The molecule has 4 heteroatoms. The van der Waals surface area contributed by atoms with Gasteiger partial charge in [0.05, 0.1) is 0 Å². The molecule has 96 valence electrons. The lowest BCUT2D eigenvalue weighted by Crippen LogP contribution is -2.21. The van der Waals surface area contributed by atoms with Crippen LogP contribution in [0.15, 0.2) is 4.52 Å². The Morgan fingerprint density at radius 3 is 2.59 bits per heavy atom. The van der Waals surface area contributed by atoms with E-state index in [4.69, 9.17) is 4.52 Å². The fourth-order valence-corrected chi connectivity index (χ4v) is 1.46. The molecule has 0 amide bonds. The SMILES string of the molecule is CCCc1noc(C(C)CC(=O)C(C)(C)C)n1. The molecule has 1 unspecified atom stereocenters. The standard InChI is InChI=1S/C13H22N2O2/c1-6-7-11-14-12(17-15-11)9(2)8-10(16)13(3,4)5/h9H,6-8H2,1-5H3. The Labute approximate surface area is 103 Å². The van der Waals surface area contributed by atoms with Gasteiger partial charge in [-0.2, -0.15) is 4.98 Å². The molecule has 1 rings (SSSR count). The Morgan fingerprint density at radius 1 is 1.41 bits per heavy atom.